The summed E-state index contributed by atoms with van der Waals surface area (Å²) in [5, 5.41) is 5.00. The molecule has 60 heavy (non-hydrogen) atoms. The number of hydrogen-bond acceptors (Lipinski definition) is 0. The second-order valence-corrected chi connectivity index (χ2v) is 17.1. The molecule has 0 fully saturated rings. The van der Waals surface area contributed by atoms with Gasteiger partial charge in [-0.2, -0.15) is 0 Å². The van der Waals surface area contributed by atoms with Gasteiger partial charge >= 0.3 is 28.4 Å². The zero-order valence-corrected chi connectivity index (χ0v) is 38.0. The van der Waals surface area contributed by atoms with Gasteiger partial charge in [0, 0.05) is 50.8 Å². The van der Waals surface area contributed by atoms with Crippen molar-refractivity contribution in [2.45, 2.75) is 79.1 Å². The number of para-hydroxylation sites is 7. The van der Waals surface area contributed by atoms with Crippen molar-refractivity contribution in [2.24, 2.45) is 0 Å². The molecule has 0 N–H and O–H groups in total. The third-order valence-corrected chi connectivity index (χ3v) is 11.9. The van der Waals surface area contributed by atoms with Crippen molar-refractivity contribution >= 4 is 72.4 Å². The fraction of sp³-hybridized carbons (Fsp3) is 0.218. The maximum absolute atomic E-state index is 4.86. The molecule has 7 aromatic carbocycles. The smallest absolute Gasteiger partial charge is 0.657 e. The van der Waals surface area contributed by atoms with Gasteiger partial charge in [0.05, 0.1) is 11.0 Å². The number of nitrogens with zero attached hydrogens (tertiary/aromatic N) is 4. The van der Waals surface area contributed by atoms with Gasteiger partial charge < -0.3 is 9.55 Å². The molecule has 2 aromatic heterocycles. The van der Waals surface area contributed by atoms with Crippen LogP contribution in [0.4, 0.5) is 22.7 Å². The first kappa shape index (κ1) is 41.0. The van der Waals surface area contributed by atoms with E-state index < -0.39 is 0 Å². The Bertz CT molecular complexity index is 2950. The summed E-state index contributed by atoms with van der Waals surface area (Å²) in [5.41, 5.74) is 16.2. The van der Waals surface area contributed by atoms with Crippen LogP contribution in [0, 0.1) is 0 Å². The van der Waals surface area contributed by atoms with Crippen LogP contribution in [0.15, 0.2) is 152 Å². The first-order valence-electron chi connectivity index (χ1n) is 21.3. The van der Waals surface area contributed by atoms with E-state index in [0.717, 1.165) is 11.0 Å². The first-order valence-corrected chi connectivity index (χ1v) is 21.3. The molecule has 1 aliphatic rings. The van der Waals surface area contributed by atoms with Crippen LogP contribution in [0.25, 0.3) is 49.3 Å². The van der Waals surface area contributed by atoms with E-state index in [1.54, 1.807) is 0 Å². The Balaban J connectivity index is 0.000000167. The second-order valence-electron chi connectivity index (χ2n) is 17.1. The number of hydrogen-bond donors (Lipinski definition) is 0. The summed E-state index contributed by atoms with van der Waals surface area (Å²) in [6.07, 6.45) is 0. The quantitative estimate of drug-likeness (QED) is 0.115. The van der Waals surface area contributed by atoms with Gasteiger partial charge in [-0.25, -0.2) is 0 Å². The SMILES string of the molecule is CC(C)c1cccc(C(C)C)c1[N+]1=C=[N+](c2c(C(C)C)cccc2C(C)C)c2ccccc21.[Au+].c1ccc(-n2c3ccccc3c3ccc4[n-]c5ccccc5c4c32)cc1. The van der Waals surface area contributed by atoms with Crippen molar-refractivity contribution in [1.29, 1.82) is 0 Å². The van der Waals surface area contributed by atoms with Gasteiger partial charge in [-0.1, -0.05) is 177 Å². The summed E-state index contributed by atoms with van der Waals surface area (Å²) in [7, 11) is 0. The van der Waals surface area contributed by atoms with E-state index in [4.69, 9.17) is 4.98 Å². The largest absolute Gasteiger partial charge is 1.00 e. The molecule has 0 radical (unpaired) electrons. The Kier molecular flexibility index (Phi) is 11.4. The number of aromatic nitrogens is 2. The average Bonchev–Trinajstić information content (AvgIpc) is 3.93. The van der Waals surface area contributed by atoms with Gasteiger partial charge in [-0.15, -0.1) is 11.0 Å². The van der Waals surface area contributed by atoms with Gasteiger partial charge in [0.25, 0.3) is 11.4 Å². The molecule has 3 heterocycles. The van der Waals surface area contributed by atoms with E-state index >= 15 is 0 Å². The van der Waals surface area contributed by atoms with Crippen LogP contribution in [-0.2, 0) is 22.4 Å². The Morgan fingerprint density at radius 3 is 1.43 bits per heavy atom. The van der Waals surface area contributed by atoms with Crippen molar-refractivity contribution in [3.63, 3.8) is 0 Å². The monoisotopic (exact) mass is 966 g/mol. The third kappa shape index (κ3) is 6.98. The van der Waals surface area contributed by atoms with Gasteiger partial charge in [-0.3, -0.25) is 0 Å². The second kappa shape index (κ2) is 16.7. The molecule has 0 unspecified atom stereocenters. The van der Waals surface area contributed by atoms with Gasteiger partial charge in [0.1, 0.15) is 0 Å². The molecule has 0 amide bonds. The zero-order valence-electron chi connectivity index (χ0n) is 35.8. The molecule has 0 spiro atoms. The van der Waals surface area contributed by atoms with Crippen LogP contribution < -0.4 is 14.1 Å². The van der Waals surface area contributed by atoms with Crippen LogP contribution in [0.2, 0.25) is 0 Å². The molecule has 5 heteroatoms. The minimum atomic E-state index is 0. The van der Waals surface area contributed by atoms with E-state index in [1.165, 1.54) is 83.3 Å². The Labute approximate surface area is 370 Å². The zero-order chi connectivity index (χ0) is 40.9. The number of benzene rings is 7. The third-order valence-electron chi connectivity index (χ3n) is 11.9. The minimum Gasteiger partial charge on any atom is -0.657 e. The summed E-state index contributed by atoms with van der Waals surface area (Å²) in [6, 6.07) is 58.1. The van der Waals surface area contributed by atoms with Crippen molar-refractivity contribution in [1.82, 2.24) is 18.7 Å². The predicted molar refractivity (Wildman–Crippen MR) is 253 cm³/mol. The summed E-state index contributed by atoms with van der Waals surface area (Å²) < 4.78 is 7.02. The van der Waals surface area contributed by atoms with Crippen LogP contribution in [-0.4, -0.2) is 10.6 Å². The van der Waals surface area contributed by atoms with Crippen LogP contribution in [0.1, 0.15) is 101 Å². The standard InChI is InChI=1S/C31H38N2.C24H15N2.Au/c1-20(2)24-13-11-14-25(21(3)4)30(24)32-19-33(29-18-10-9-17-28(29)32)31-26(22(5)6)15-12-16-27(31)23(7)8;1-2-8-16(9-3-1)26-22-13-7-5-10-17(22)18-14-15-21-23(24(18)26)19-11-4-6-12-20(19)25-21;/h9-18,20-23H,1-8H3;1-15H;/q+2;-1;+1. The van der Waals surface area contributed by atoms with E-state index in [9.17, 15) is 0 Å². The maximum atomic E-state index is 4.86. The van der Waals surface area contributed by atoms with Crippen LogP contribution in [0.5, 0.6) is 0 Å². The number of fused-ring (bicyclic) bond motifs is 8. The molecule has 0 saturated heterocycles. The van der Waals surface area contributed by atoms with Crippen molar-refractivity contribution in [3.05, 3.63) is 174 Å². The normalized spacial score (nSPS) is 12.4. The Morgan fingerprint density at radius 2 is 0.900 bits per heavy atom. The molecule has 1 aliphatic heterocycles. The molecule has 0 bridgehead atoms. The summed E-state index contributed by atoms with van der Waals surface area (Å²) >= 11 is 0. The van der Waals surface area contributed by atoms with Crippen molar-refractivity contribution in [2.75, 3.05) is 0 Å². The van der Waals surface area contributed by atoms with Gasteiger partial charge in [-0.05, 0) is 61.8 Å². The molecule has 0 aliphatic carbocycles. The predicted octanol–water partition coefficient (Wildman–Crippen LogP) is 15.1. The fourth-order valence-electron chi connectivity index (χ4n) is 9.09. The van der Waals surface area contributed by atoms with Crippen molar-refractivity contribution in [3.8, 4) is 5.69 Å². The van der Waals surface area contributed by atoms with E-state index in [-0.39, 0.29) is 22.4 Å². The van der Waals surface area contributed by atoms with E-state index in [0.29, 0.717) is 23.7 Å². The molecule has 0 atom stereocenters. The van der Waals surface area contributed by atoms with Gasteiger partial charge in [0.2, 0.25) is 11.4 Å². The molecule has 9 aromatic rings. The maximum Gasteiger partial charge on any atom is 1.00 e. The fourth-order valence-corrected chi connectivity index (χ4v) is 9.09. The van der Waals surface area contributed by atoms with E-state index in [2.05, 4.69) is 227 Å². The molecular weight excluding hydrogens is 914 g/mol. The average molecular weight is 967 g/mol. The van der Waals surface area contributed by atoms with E-state index in [1.807, 2.05) is 0 Å². The number of rotatable bonds is 7. The summed E-state index contributed by atoms with van der Waals surface area (Å²) in [6.45, 7) is 18.3. The molecule has 0 saturated carbocycles. The van der Waals surface area contributed by atoms with Crippen molar-refractivity contribution < 1.29 is 22.4 Å². The van der Waals surface area contributed by atoms with Crippen LogP contribution >= 0.6 is 0 Å². The van der Waals surface area contributed by atoms with Gasteiger partial charge in [0.15, 0.2) is 0 Å². The van der Waals surface area contributed by atoms with Crippen LogP contribution in [0.3, 0.4) is 0 Å². The molecule has 302 valence electrons. The minimum absolute atomic E-state index is 0. The Morgan fingerprint density at radius 1 is 0.433 bits per heavy atom. The molecule has 10 rings (SSSR count). The Hall–Kier alpha value is -5.74. The summed E-state index contributed by atoms with van der Waals surface area (Å²) in [5.74, 6) is 1.71. The summed E-state index contributed by atoms with van der Waals surface area (Å²) in [4.78, 5) is 4.86. The molecule has 4 nitrogen and oxygen atoms in total. The molecular formula is C55H53AuN4+2. The topological polar surface area (TPSA) is 25.1 Å². The first-order chi connectivity index (χ1) is 28.6.